The molecule has 7 nitrogen and oxygen atoms in total. The van der Waals surface area contributed by atoms with Crippen LogP contribution in [0.3, 0.4) is 0 Å². The van der Waals surface area contributed by atoms with E-state index in [1.807, 2.05) is 17.8 Å². The highest BCUT2D eigenvalue weighted by Gasteiger charge is 2.19. The number of hydrogen-bond donors (Lipinski definition) is 1. The summed E-state index contributed by atoms with van der Waals surface area (Å²) in [5.41, 5.74) is 0. The van der Waals surface area contributed by atoms with Crippen LogP contribution in [0.1, 0.15) is 29.2 Å². The van der Waals surface area contributed by atoms with Crippen LogP contribution in [0.4, 0.5) is 0 Å². The fourth-order valence-corrected chi connectivity index (χ4v) is 3.35. The van der Waals surface area contributed by atoms with E-state index in [1.54, 1.807) is 23.2 Å². The van der Waals surface area contributed by atoms with Crippen molar-refractivity contribution in [2.45, 2.75) is 23.8 Å². The first-order valence-corrected chi connectivity index (χ1v) is 8.87. The first-order valence-electron chi connectivity index (χ1n) is 7.88. The van der Waals surface area contributed by atoms with Gasteiger partial charge in [0.25, 0.3) is 5.91 Å². The molecule has 2 aromatic heterocycles. The second-order valence-electron chi connectivity index (χ2n) is 5.65. The third-order valence-corrected chi connectivity index (χ3v) is 4.95. The smallest absolute Gasteiger partial charge is 0.287 e. The summed E-state index contributed by atoms with van der Waals surface area (Å²) in [5.74, 6) is 1.10. The molecule has 1 fully saturated rings. The average molecular weight is 348 g/mol. The summed E-state index contributed by atoms with van der Waals surface area (Å²) in [6.07, 6.45) is 5.69. The molecule has 8 heteroatoms. The van der Waals surface area contributed by atoms with Gasteiger partial charge in [-0.1, -0.05) is 11.8 Å². The van der Waals surface area contributed by atoms with Gasteiger partial charge < -0.3 is 19.2 Å². The van der Waals surface area contributed by atoms with E-state index in [0.29, 0.717) is 11.5 Å². The summed E-state index contributed by atoms with van der Waals surface area (Å²) in [5, 5.41) is 3.50. The fourth-order valence-electron chi connectivity index (χ4n) is 2.53. The maximum Gasteiger partial charge on any atom is 0.287 e. The molecule has 0 radical (unpaired) electrons. The minimum absolute atomic E-state index is 0.0108. The van der Waals surface area contributed by atoms with Gasteiger partial charge >= 0.3 is 0 Å². The number of amides is 2. The average Bonchev–Trinajstić information content (AvgIpc) is 3.31. The van der Waals surface area contributed by atoms with Crippen LogP contribution in [0.2, 0.25) is 0 Å². The molecule has 3 rings (SSSR count). The van der Waals surface area contributed by atoms with E-state index in [1.165, 1.54) is 11.8 Å². The zero-order valence-electron chi connectivity index (χ0n) is 13.5. The number of hydrogen-bond acceptors (Lipinski definition) is 5. The highest BCUT2D eigenvalue weighted by atomic mass is 32.2. The number of carbonyl (C=O) groups is 2. The molecule has 0 atom stereocenters. The molecule has 0 unspecified atom stereocenters. The minimum atomic E-state index is -0.365. The van der Waals surface area contributed by atoms with Crippen LogP contribution in [-0.4, -0.2) is 45.9 Å². The van der Waals surface area contributed by atoms with Gasteiger partial charge in [-0.25, -0.2) is 4.98 Å². The highest BCUT2D eigenvalue weighted by Crippen LogP contribution is 2.21. The van der Waals surface area contributed by atoms with Crippen LogP contribution in [0, 0.1) is 0 Å². The predicted molar refractivity (Wildman–Crippen MR) is 89.6 cm³/mol. The zero-order chi connectivity index (χ0) is 16.9. The largest absolute Gasteiger partial charge is 0.455 e. The maximum atomic E-state index is 12.1. The Morgan fingerprint density at radius 2 is 2.12 bits per heavy atom. The number of rotatable bonds is 6. The molecule has 0 spiro atoms. The molecule has 2 amide bonds. The van der Waals surface area contributed by atoms with E-state index in [0.717, 1.165) is 31.1 Å². The molecule has 0 aromatic carbocycles. The van der Waals surface area contributed by atoms with Gasteiger partial charge in [0.15, 0.2) is 10.9 Å². The Labute approximate surface area is 144 Å². The third-order valence-electron chi connectivity index (χ3n) is 3.86. The van der Waals surface area contributed by atoms with Crippen LogP contribution < -0.4 is 5.32 Å². The molecule has 1 saturated heterocycles. The van der Waals surface area contributed by atoms with Crippen molar-refractivity contribution in [1.82, 2.24) is 19.8 Å². The third kappa shape index (κ3) is 4.00. The molecule has 1 aliphatic rings. The van der Waals surface area contributed by atoms with E-state index < -0.39 is 0 Å². The number of aryl methyl sites for hydroxylation is 1. The highest BCUT2D eigenvalue weighted by molar-refractivity contribution is 7.98. The summed E-state index contributed by atoms with van der Waals surface area (Å²) in [6.45, 7) is 1.57. The van der Waals surface area contributed by atoms with Crippen molar-refractivity contribution in [2.75, 3.05) is 19.6 Å². The van der Waals surface area contributed by atoms with Gasteiger partial charge in [-0.2, -0.15) is 0 Å². The lowest BCUT2D eigenvalue weighted by molar-refractivity contribution is -0.129. The molecule has 3 heterocycles. The number of carbonyl (C=O) groups excluding carboxylic acids is 2. The number of nitrogens with zero attached hydrogens (tertiary/aromatic N) is 3. The summed E-state index contributed by atoms with van der Waals surface area (Å²) < 4.78 is 7.47. The van der Waals surface area contributed by atoms with Crippen molar-refractivity contribution >= 4 is 23.6 Å². The number of likely N-dealkylation sites (tertiary alicyclic amines) is 1. The number of imidazole rings is 1. The van der Waals surface area contributed by atoms with Crippen LogP contribution in [-0.2, 0) is 17.6 Å². The molecule has 0 saturated carbocycles. The minimum Gasteiger partial charge on any atom is -0.455 e. The zero-order valence-corrected chi connectivity index (χ0v) is 14.3. The second-order valence-corrected chi connectivity index (χ2v) is 6.59. The number of thioether (sulfide) groups is 1. The summed E-state index contributed by atoms with van der Waals surface area (Å²) in [6, 6.07) is 3.40. The van der Waals surface area contributed by atoms with Gasteiger partial charge in [-0.3, -0.25) is 9.59 Å². The Balaban J connectivity index is 1.48. The number of aromatic nitrogens is 2. The molecule has 2 aromatic rings. The Morgan fingerprint density at radius 1 is 1.33 bits per heavy atom. The van der Waals surface area contributed by atoms with Crippen molar-refractivity contribution in [3.8, 4) is 0 Å². The SMILES string of the molecule is Cn1ccnc1SCc1ccc(C(=O)NCC(=O)N2CCCC2)o1. The molecule has 128 valence electrons. The molecule has 1 N–H and O–H groups in total. The van der Waals surface area contributed by atoms with Crippen molar-refractivity contribution in [3.05, 3.63) is 36.0 Å². The van der Waals surface area contributed by atoms with Gasteiger partial charge in [0.1, 0.15) is 5.76 Å². The molecule has 1 aliphatic heterocycles. The van der Waals surface area contributed by atoms with E-state index in [9.17, 15) is 9.59 Å². The van der Waals surface area contributed by atoms with Gasteiger partial charge in [0, 0.05) is 32.5 Å². The Hall–Kier alpha value is -2.22. The Bertz CT molecular complexity index is 718. The molecule has 0 bridgehead atoms. The molecular formula is C16H20N4O3S. The van der Waals surface area contributed by atoms with Gasteiger partial charge in [0.05, 0.1) is 12.3 Å². The molecule has 24 heavy (non-hydrogen) atoms. The lowest BCUT2D eigenvalue weighted by Gasteiger charge is -2.14. The van der Waals surface area contributed by atoms with E-state index >= 15 is 0 Å². The molecule has 0 aliphatic carbocycles. The quantitative estimate of drug-likeness (QED) is 0.803. The van der Waals surface area contributed by atoms with Crippen molar-refractivity contribution in [3.63, 3.8) is 0 Å². The first kappa shape index (κ1) is 16.6. The Morgan fingerprint density at radius 3 is 2.83 bits per heavy atom. The first-order chi connectivity index (χ1) is 11.6. The van der Waals surface area contributed by atoms with Gasteiger partial charge in [0.2, 0.25) is 5.91 Å². The van der Waals surface area contributed by atoms with Crippen molar-refractivity contribution in [1.29, 1.82) is 0 Å². The van der Waals surface area contributed by atoms with Crippen LogP contribution in [0.25, 0.3) is 0 Å². The summed E-state index contributed by atoms with van der Waals surface area (Å²) in [4.78, 5) is 30.0. The lowest BCUT2D eigenvalue weighted by Crippen LogP contribution is -2.38. The lowest BCUT2D eigenvalue weighted by atomic mass is 10.4. The second kappa shape index (κ2) is 7.57. The Kier molecular flexibility index (Phi) is 5.24. The van der Waals surface area contributed by atoms with Gasteiger partial charge in [-0.05, 0) is 25.0 Å². The van der Waals surface area contributed by atoms with Crippen LogP contribution in [0.5, 0.6) is 0 Å². The normalized spacial score (nSPS) is 14.1. The van der Waals surface area contributed by atoms with E-state index in [-0.39, 0.29) is 24.1 Å². The van der Waals surface area contributed by atoms with E-state index in [4.69, 9.17) is 4.42 Å². The predicted octanol–water partition coefficient (Wildman–Crippen LogP) is 1.66. The fraction of sp³-hybridized carbons (Fsp3) is 0.438. The van der Waals surface area contributed by atoms with E-state index in [2.05, 4.69) is 10.3 Å². The number of furan rings is 1. The van der Waals surface area contributed by atoms with Crippen LogP contribution >= 0.6 is 11.8 Å². The van der Waals surface area contributed by atoms with Crippen molar-refractivity contribution in [2.24, 2.45) is 7.05 Å². The van der Waals surface area contributed by atoms with Crippen LogP contribution in [0.15, 0.2) is 34.1 Å². The summed E-state index contributed by atoms with van der Waals surface area (Å²) >= 11 is 1.53. The monoisotopic (exact) mass is 348 g/mol. The van der Waals surface area contributed by atoms with Gasteiger partial charge in [-0.15, -0.1) is 0 Å². The number of nitrogens with one attached hydrogen (secondary N) is 1. The topological polar surface area (TPSA) is 80.4 Å². The molecular weight excluding hydrogens is 328 g/mol. The summed E-state index contributed by atoms with van der Waals surface area (Å²) in [7, 11) is 1.92. The standard InChI is InChI=1S/C16H20N4O3S/c1-19-9-6-17-16(19)24-11-12-4-5-13(23-12)15(22)18-10-14(21)20-7-2-3-8-20/h4-6,9H,2-3,7-8,10-11H2,1H3,(H,18,22). The van der Waals surface area contributed by atoms with Crippen molar-refractivity contribution < 1.29 is 14.0 Å². The maximum absolute atomic E-state index is 12.1.